The summed E-state index contributed by atoms with van der Waals surface area (Å²) in [7, 11) is 1.35. The standard InChI is InChI=1S/C21H27FN4O5S/c1-21(2,3)30-20(28)31-26-9-7-13(8-10-26)24-19-25-18(23)17(32-19)16(27)12-5-6-15(29-4)14(22)11-12/h5-6,11,13H,7-10,23H2,1-4H3,(H,24,25). The van der Waals surface area contributed by atoms with E-state index in [1.54, 1.807) is 25.8 Å². The van der Waals surface area contributed by atoms with Crippen molar-refractivity contribution in [1.29, 1.82) is 0 Å². The number of aromatic nitrogens is 1. The van der Waals surface area contributed by atoms with E-state index in [9.17, 15) is 14.0 Å². The van der Waals surface area contributed by atoms with Crippen molar-refractivity contribution >= 4 is 34.2 Å². The number of hydroxylamine groups is 2. The monoisotopic (exact) mass is 466 g/mol. The molecule has 1 aromatic carbocycles. The predicted molar refractivity (Wildman–Crippen MR) is 118 cm³/mol. The molecular formula is C21H27FN4O5S. The highest BCUT2D eigenvalue weighted by Crippen LogP contribution is 2.30. The third-order valence-electron chi connectivity index (χ3n) is 4.65. The number of nitrogen functional groups attached to an aromatic ring is 1. The van der Waals surface area contributed by atoms with Gasteiger partial charge in [0.25, 0.3) is 0 Å². The highest BCUT2D eigenvalue weighted by atomic mass is 32.1. The van der Waals surface area contributed by atoms with Crippen LogP contribution in [-0.4, -0.2) is 53.8 Å². The second kappa shape index (κ2) is 9.70. The molecule has 1 fully saturated rings. The number of piperidine rings is 1. The Balaban J connectivity index is 1.56. The average Bonchev–Trinajstić information content (AvgIpc) is 3.07. The lowest BCUT2D eigenvalue weighted by molar-refractivity contribution is -0.151. The summed E-state index contributed by atoms with van der Waals surface area (Å²) in [5, 5.41) is 5.34. The van der Waals surface area contributed by atoms with Crippen molar-refractivity contribution in [3.63, 3.8) is 0 Å². The van der Waals surface area contributed by atoms with Crippen molar-refractivity contribution in [2.75, 3.05) is 31.2 Å². The maximum Gasteiger partial charge on any atom is 0.528 e. The smallest absolute Gasteiger partial charge is 0.494 e. The van der Waals surface area contributed by atoms with Gasteiger partial charge >= 0.3 is 6.16 Å². The zero-order valence-corrected chi connectivity index (χ0v) is 19.3. The number of hydrogen-bond acceptors (Lipinski definition) is 10. The molecule has 0 unspecified atom stereocenters. The van der Waals surface area contributed by atoms with Crippen molar-refractivity contribution < 1.29 is 28.3 Å². The van der Waals surface area contributed by atoms with Gasteiger partial charge in [0.1, 0.15) is 16.3 Å². The summed E-state index contributed by atoms with van der Waals surface area (Å²) >= 11 is 1.12. The topological polar surface area (TPSA) is 116 Å². The molecule has 1 saturated heterocycles. The van der Waals surface area contributed by atoms with Crippen molar-refractivity contribution in [1.82, 2.24) is 10.0 Å². The van der Waals surface area contributed by atoms with E-state index in [1.807, 2.05) is 0 Å². The number of thiazole rings is 1. The number of ketones is 1. The van der Waals surface area contributed by atoms with E-state index in [0.29, 0.717) is 31.1 Å². The van der Waals surface area contributed by atoms with Gasteiger partial charge < -0.3 is 25.4 Å². The second-order valence-electron chi connectivity index (χ2n) is 8.32. The van der Waals surface area contributed by atoms with E-state index >= 15 is 0 Å². The molecule has 1 aliphatic rings. The number of rotatable bonds is 6. The van der Waals surface area contributed by atoms with Crippen LogP contribution in [0.15, 0.2) is 18.2 Å². The molecular weight excluding hydrogens is 439 g/mol. The van der Waals surface area contributed by atoms with E-state index in [-0.39, 0.29) is 28.0 Å². The first-order chi connectivity index (χ1) is 15.1. The Morgan fingerprint density at radius 3 is 2.56 bits per heavy atom. The molecule has 2 aromatic rings. The number of ether oxygens (including phenoxy) is 2. The molecule has 0 bridgehead atoms. The Kier molecular flexibility index (Phi) is 7.19. The van der Waals surface area contributed by atoms with Crippen molar-refractivity contribution in [3.05, 3.63) is 34.5 Å². The number of nitrogens with two attached hydrogens (primary N) is 1. The SMILES string of the molecule is COc1ccc(C(=O)c2sc(NC3CCN(OC(=O)OC(C)(C)C)CC3)nc2N)cc1F. The Labute approximate surface area is 189 Å². The lowest BCUT2D eigenvalue weighted by atomic mass is 10.1. The van der Waals surface area contributed by atoms with Crippen molar-refractivity contribution in [2.45, 2.75) is 45.3 Å². The summed E-state index contributed by atoms with van der Waals surface area (Å²) in [6.07, 6.45) is 0.652. The van der Waals surface area contributed by atoms with Crippen LogP contribution in [0.25, 0.3) is 0 Å². The van der Waals surface area contributed by atoms with E-state index in [0.717, 1.165) is 17.4 Å². The predicted octanol–water partition coefficient (Wildman–Crippen LogP) is 3.85. The highest BCUT2D eigenvalue weighted by molar-refractivity contribution is 7.18. The minimum Gasteiger partial charge on any atom is -0.494 e. The summed E-state index contributed by atoms with van der Waals surface area (Å²) in [5.74, 6) is -0.886. The lowest BCUT2D eigenvalue weighted by Gasteiger charge is -2.31. The van der Waals surface area contributed by atoms with E-state index in [4.69, 9.17) is 20.0 Å². The number of benzene rings is 1. The minimum absolute atomic E-state index is 0.0585. The van der Waals surface area contributed by atoms with Gasteiger partial charge in [-0.1, -0.05) is 11.3 Å². The lowest BCUT2D eigenvalue weighted by Crippen LogP contribution is -2.41. The summed E-state index contributed by atoms with van der Waals surface area (Å²) in [6, 6.07) is 4.07. The van der Waals surface area contributed by atoms with Crippen LogP contribution in [0.1, 0.15) is 48.8 Å². The molecule has 0 spiro atoms. The van der Waals surface area contributed by atoms with Gasteiger partial charge in [-0.15, -0.1) is 5.06 Å². The van der Waals surface area contributed by atoms with E-state index in [1.165, 1.54) is 19.2 Å². The van der Waals surface area contributed by atoms with Crippen LogP contribution < -0.4 is 15.8 Å². The molecule has 0 atom stereocenters. The van der Waals surface area contributed by atoms with Crippen LogP contribution in [0.5, 0.6) is 5.75 Å². The Bertz CT molecular complexity index is 983. The molecule has 9 nitrogen and oxygen atoms in total. The summed E-state index contributed by atoms with van der Waals surface area (Å²) in [5.41, 5.74) is 5.49. The van der Waals surface area contributed by atoms with Crippen LogP contribution in [-0.2, 0) is 9.57 Å². The Morgan fingerprint density at radius 1 is 1.28 bits per heavy atom. The number of carbonyl (C=O) groups is 2. The number of halogens is 1. The quantitative estimate of drug-likeness (QED) is 0.484. The first kappa shape index (κ1) is 23.7. The first-order valence-electron chi connectivity index (χ1n) is 10.1. The van der Waals surface area contributed by atoms with Crippen LogP contribution in [0, 0.1) is 5.82 Å². The van der Waals surface area contributed by atoms with Gasteiger partial charge in [-0.05, 0) is 51.8 Å². The third kappa shape index (κ3) is 6.07. The largest absolute Gasteiger partial charge is 0.528 e. The fraction of sp³-hybridized carbons (Fsp3) is 0.476. The molecule has 3 rings (SSSR count). The number of nitrogens with zero attached hydrogens (tertiary/aromatic N) is 2. The van der Waals surface area contributed by atoms with Gasteiger partial charge in [-0.3, -0.25) is 4.79 Å². The molecule has 11 heteroatoms. The van der Waals surface area contributed by atoms with E-state index in [2.05, 4.69) is 10.3 Å². The van der Waals surface area contributed by atoms with Gasteiger partial charge in [0.05, 0.1) is 7.11 Å². The molecule has 1 aliphatic heterocycles. The van der Waals surface area contributed by atoms with Gasteiger partial charge in [-0.2, -0.15) is 0 Å². The van der Waals surface area contributed by atoms with Crippen molar-refractivity contribution in [3.8, 4) is 5.75 Å². The fourth-order valence-corrected chi connectivity index (χ4v) is 4.06. The maximum atomic E-state index is 14.0. The van der Waals surface area contributed by atoms with Gasteiger partial charge in [-0.25, -0.2) is 14.2 Å². The number of nitrogens with one attached hydrogen (secondary N) is 1. The Hall–Kier alpha value is -2.92. The molecule has 1 aromatic heterocycles. The second-order valence-corrected chi connectivity index (χ2v) is 9.31. The normalized spacial score (nSPS) is 15.3. The molecule has 174 valence electrons. The summed E-state index contributed by atoms with van der Waals surface area (Å²) in [6.45, 7) is 6.36. The van der Waals surface area contributed by atoms with Gasteiger partial charge in [0, 0.05) is 24.7 Å². The van der Waals surface area contributed by atoms with Crippen molar-refractivity contribution in [2.24, 2.45) is 0 Å². The zero-order chi connectivity index (χ0) is 23.5. The highest BCUT2D eigenvalue weighted by Gasteiger charge is 2.26. The van der Waals surface area contributed by atoms with Crippen LogP contribution in [0.2, 0.25) is 0 Å². The summed E-state index contributed by atoms with van der Waals surface area (Å²) in [4.78, 5) is 34.3. The van der Waals surface area contributed by atoms with Crippen LogP contribution in [0.4, 0.5) is 20.1 Å². The minimum atomic E-state index is -0.727. The van der Waals surface area contributed by atoms with Crippen LogP contribution >= 0.6 is 11.3 Å². The third-order valence-corrected chi connectivity index (χ3v) is 5.65. The Morgan fingerprint density at radius 2 is 1.97 bits per heavy atom. The summed E-state index contributed by atoms with van der Waals surface area (Å²) < 4.78 is 24.0. The van der Waals surface area contributed by atoms with E-state index < -0.39 is 23.4 Å². The molecule has 0 saturated carbocycles. The molecule has 0 amide bonds. The number of methoxy groups -OCH3 is 1. The number of hydrogen-bond donors (Lipinski definition) is 2. The average molecular weight is 467 g/mol. The first-order valence-corrected chi connectivity index (χ1v) is 10.9. The fourth-order valence-electron chi connectivity index (χ4n) is 3.14. The van der Waals surface area contributed by atoms with Gasteiger partial charge in [0.2, 0.25) is 5.78 Å². The maximum absolute atomic E-state index is 14.0. The molecule has 0 aliphatic carbocycles. The molecule has 32 heavy (non-hydrogen) atoms. The number of carbonyl (C=O) groups excluding carboxylic acids is 2. The zero-order valence-electron chi connectivity index (χ0n) is 18.4. The number of anilines is 2. The molecule has 0 radical (unpaired) electrons. The van der Waals surface area contributed by atoms with Crippen LogP contribution in [0.3, 0.4) is 0 Å². The molecule has 3 N–H and O–H groups in total. The van der Waals surface area contributed by atoms with Gasteiger partial charge in [0.15, 0.2) is 16.7 Å². The molecule has 2 heterocycles.